The quantitative estimate of drug-likeness (QED) is 0.0272. The van der Waals surface area contributed by atoms with E-state index in [0.29, 0.717) is 17.4 Å². The number of hydrogen-bond donors (Lipinski definition) is 2. The Hall–Kier alpha value is -1.54. The maximum absolute atomic E-state index is 13.0. The predicted molar refractivity (Wildman–Crippen MR) is 302 cm³/mol. The second kappa shape index (κ2) is 52.3. The number of phosphoric ester groups is 1. The topological polar surface area (TPSA) is 108 Å². The Morgan fingerprint density at radius 1 is 0.500 bits per heavy atom. The van der Waals surface area contributed by atoms with Crippen molar-refractivity contribution >= 4 is 13.7 Å². The second-order valence-corrected chi connectivity index (χ2v) is 23.1. The van der Waals surface area contributed by atoms with Crippen molar-refractivity contribution in [3.05, 3.63) is 48.6 Å². The van der Waals surface area contributed by atoms with Crippen LogP contribution in [0.25, 0.3) is 0 Å². The fourth-order valence-corrected chi connectivity index (χ4v) is 9.53. The SMILES string of the molecule is CCCCCCC/C=C\C/C=C\C/C=C\CCCCCCCCCCCCCCCCCCCCC(=O)NC(COP(=O)([O-])OCC[N+](C)(C)C)C(O)/C=C/CCCCCCCCCCCCCCC. The summed E-state index contributed by atoms with van der Waals surface area (Å²) in [6, 6.07) is -0.886. The molecule has 0 aliphatic rings. The molecule has 0 saturated heterocycles. The zero-order valence-corrected chi connectivity index (χ0v) is 47.9. The van der Waals surface area contributed by atoms with Crippen LogP contribution in [0.3, 0.4) is 0 Å². The van der Waals surface area contributed by atoms with Crippen LogP contribution in [0, 0.1) is 0 Å². The van der Waals surface area contributed by atoms with Crippen molar-refractivity contribution in [1.82, 2.24) is 5.32 Å². The molecule has 1 amide bonds. The number of quaternary nitrogens is 1. The number of carbonyl (C=O) groups excluding carboxylic acids is 1. The van der Waals surface area contributed by atoms with Crippen molar-refractivity contribution in [3.8, 4) is 0 Å². The molecule has 0 heterocycles. The number of aliphatic hydroxyl groups excluding tert-OH is 1. The van der Waals surface area contributed by atoms with Gasteiger partial charge in [-0.25, -0.2) is 0 Å². The molecule has 3 unspecified atom stereocenters. The molecular weight excluding hydrogens is 888 g/mol. The lowest BCUT2D eigenvalue weighted by molar-refractivity contribution is -0.870. The zero-order valence-electron chi connectivity index (χ0n) is 47.0. The highest BCUT2D eigenvalue weighted by Crippen LogP contribution is 2.38. The third kappa shape index (κ3) is 54.2. The number of unbranched alkanes of at least 4 members (excludes halogenated alkanes) is 36. The van der Waals surface area contributed by atoms with Gasteiger partial charge in [0.25, 0.3) is 7.82 Å². The Morgan fingerprint density at radius 3 is 1.20 bits per heavy atom. The molecule has 9 heteroatoms. The fourth-order valence-electron chi connectivity index (χ4n) is 8.81. The summed E-state index contributed by atoms with van der Waals surface area (Å²) < 4.78 is 23.3. The minimum atomic E-state index is -4.59. The van der Waals surface area contributed by atoms with Gasteiger partial charge in [-0.05, 0) is 57.8 Å². The van der Waals surface area contributed by atoms with Crippen LogP contribution in [0.2, 0.25) is 0 Å². The zero-order chi connectivity index (χ0) is 51.3. The van der Waals surface area contributed by atoms with Gasteiger partial charge < -0.3 is 28.8 Å². The lowest BCUT2D eigenvalue weighted by atomic mass is 10.0. The number of nitrogens with zero attached hydrogens (tertiary/aromatic N) is 1. The number of aliphatic hydroxyl groups is 1. The Balaban J connectivity index is 4.04. The van der Waals surface area contributed by atoms with Crippen molar-refractivity contribution in [2.75, 3.05) is 40.9 Å². The largest absolute Gasteiger partial charge is 0.756 e. The Kier molecular flexibility index (Phi) is 51.2. The average molecular weight is 1010 g/mol. The summed E-state index contributed by atoms with van der Waals surface area (Å²) in [5, 5.41) is 13.9. The Labute approximate surface area is 435 Å². The predicted octanol–water partition coefficient (Wildman–Crippen LogP) is 17.7. The molecule has 3 atom stereocenters. The normalized spacial score (nSPS) is 14.2. The van der Waals surface area contributed by atoms with Gasteiger partial charge in [0.15, 0.2) is 0 Å². The van der Waals surface area contributed by atoms with Crippen LogP contribution in [0.5, 0.6) is 0 Å². The van der Waals surface area contributed by atoms with Gasteiger partial charge in [-0.1, -0.05) is 268 Å². The molecule has 2 N–H and O–H groups in total. The molecule has 0 rings (SSSR count). The average Bonchev–Trinajstić information content (AvgIpc) is 3.32. The number of amides is 1. The van der Waals surface area contributed by atoms with Gasteiger partial charge in [-0.15, -0.1) is 0 Å². The molecule has 0 bridgehead atoms. The summed E-state index contributed by atoms with van der Waals surface area (Å²) in [5.41, 5.74) is 0. The highest BCUT2D eigenvalue weighted by Gasteiger charge is 2.23. The molecule has 8 nitrogen and oxygen atoms in total. The van der Waals surface area contributed by atoms with Gasteiger partial charge in [0.1, 0.15) is 13.2 Å². The van der Waals surface area contributed by atoms with Crippen molar-refractivity contribution in [1.29, 1.82) is 0 Å². The number of rotatable bonds is 55. The molecule has 0 aromatic carbocycles. The van der Waals surface area contributed by atoms with E-state index in [2.05, 4.69) is 55.6 Å². The Bertz CT molecular complexity index is 1280. The lowest BCUT2D eigenvalue weighted by Crippen LogP contribution is -2.45. The standard InChI is InChI=1S/C61H117N2O6P/c1-6-8-10-12-14-16-18-20-22-23-24-25-26-27-28-29-30-31-32-33-34-35-36-37-38-39-41-43-45-47-49-51-53-55-61(65)62-59(58-69-70(66,67)68-57-56-63(3,4)5)60(64)54-52-50-48-46-44-42-40-21-19-17-15-13-11-9-7-2/h18,20,23-24,26-27,52,54,59-60,64H,6-17,19,21-22,25,28-51,53,55-58H2,1-5H3,(H-,62,65,66,67)/b20-18-,24-23-,27-26-,54-52+. The van der Waals surface area contributed by atoms with E-state index >= 15 is 0 Å². The Morgan fingerprint density at radius 2 is 0.829 bits per heavy atom. The van der Waals surface area contributed by atoms with Gasteiger partial charge in [0.05, 0.1) is 39.9 Å². The molecule has 0 aliphatic carbocycles. The number of nitrogens with one attached hydrogen (secondary N) is 1. The first-order chi connectivity index (χ1) is 34.0. The minimum Gasteiger partial charge on any atom is -0.756 e. The summed E-state index contributed by atoms with van der Waals surface area (Å²) in [5.74, 6) is -0.195. The van der Waals surface area contributed by atoms with Gasteiger partial charge in [0.2, 0.25) is 5.91 Å². The van der Waals surface area contributed by atoms with E-state index in [4.69, 9.17) is 9.05 Å². The highest BCUT2D eigenvalue weighted by molar-refractivity contribution is 7.45. The molecule has 0 aromatic heterocycles. The molecule has 70 heavy (non-hydrogen) atoms. The molecule has 0 spiro atoms. The van der Waals surface area contributed by atoms with Crippen LogP contribution < -0.4 is 10.2 Å². The van der Waals surface area contributed by atoms with E-state index in [9.17, 15) is 19.4 Å². The first-order valence-corrected chi connectivity index (χ1v) is 31.5. The maximum Gasteiger partial charge on any atom is 0.268 e. The van der Waals surface area contributed by atoms with Gasteiger partial charge in [0, 0.05) is 6.42 Å². The summed E-state index contributed by atoms with van der Waals surface area (Å²) in [6.07, 6.45) is 69.1. The first kappa shape index (κ1) is 68.5. The van der Waals surface area contributed by atoms with E-state index in [1.807, 2.05) is 27.2 Å². The summed E-state index contributed by atoms with van der Waals surface area (Å²) >= 11 is 0. The lowest BCUT2D eigenvalue weighted by Gasteiger charge is -2.29. The maximum atomic E-state index is 13.0. The molecular formula is C61H117N2O6P. The third-order valence-electron chi connectivity index (χ3n) is 13.5. The van der Waals surface area contributed by atoms with Crippen LogP contribution in [0.15, 0.2) is 48.6 Å². The smallest absolute Gasteiger partial charge is 0.268 e. The third-order valence-corrected chi connectivity index (χ3v) is 14.5. The summed E-state index contributed by atoms with van der Waals surface area (Å²) in [7, 11) is 1.27. The molecule has 0 radical (unpaired) electrons. The highest BCUT2D eigenvalue weighted by atomic mass is 31.2. The van der Waals surface area contributed by atoms with E-state index in [0.717, 1.165) is 51.4 Å². The van der Waals surface area contributed by atoms with Crippen LogP contribution in [-0.2, 0) is 18.4 Å². The van der Waals surface area contributed by atoms with Crippen molar-refractivity contribution in [2.45, 2.75) is 296 Å². The monoisotopic (exact) mass is 1000 g/mol. The molecule has 412 valence electrons. The minimum absolute atomic E-state index is 0.000300. The molecule has 0 fully saturated rings. The van der Waals surface area contributed by atoms with Gasteiger partial charge in [-0.3, -0.25) is 9.36 Å². The van der Waals surface area contributed by atoms with Crippen molar-refractivity contribution in [2.24, 2.45) is 0 Å². The van der Waals surface area contributed by atoms with Crippen LogP contribution in [-0.4, -0.2) is 68.5 Å². The van der Waals surface area contributed by atoms with Gasteiger partial charge >= 0.3 is 0 Å². The van der Waals surface area contributed by atoms with Gasteiger partial charge in [-0.2, -0.15) is 0 Å². The van der Waals surface area contributed by atoms with Crippen LogP contribution >= 0.6 is 7.82 Å². The molecule has 0 aromatic rings. The van der Waals surface area contributed by atoms with Crippen LogP contribution in [0.4, 0.5) is 0 Å². The van der Waals surface area contributed by atoms with Crippen molar-refractivity contribution < 1.29 is 32.9 Å². The molecule has 0 saturated carbocycles. The number of likely N-dealkylation sites (N-methyl/N-ethyl adjacent to an activating group) is 1. The fraction of sp³-hybridized carbons (Fsp3) is 0.852. The van der Waals surface area contributed by atoms with E-state index < -0.39 is 20.0 Å². The van der Waals surface area contributed by atoms with Crippen LogP contribution in [0.1, 0.15) is 284 Å². The number of hydrogen-bond acceptors (Lipinski definition) is 6. The number of carbonyl (C=O) groups is 1. The number of allylic oxidation sites excluding steroid dienone is 7. The van der Waals surface area contributed by atoms with E-state index in [1.165, 1.54) is 212 Å². The second-order valence-electron chi connectivity index (χ2n) is 21.7. The van der Waals surface area contributed by atoms with E-state index in [-0.39, 0.29) is 19.1 Å². The van der Waals surface area contributed by atoms with Crippen molar-refractivity contribution in [3.63, 3.8) is 0 Å². The molecule has 0 aliphatic heterocycles. The number of phosphoric acid groups is 1. The summed E-state index contributed by atoms with van der Waals surface area (Å²) in [4.78, 5) is 25.5. The van der Waals surface area contributed by atoms with E-state index in [1.54, 1.807) is 6.08 Å². The summed E-state index contributed by atoms with van der Waals surface area (Å²) in [6.45, 7) is 4.66. The first-order valence-electron chi connectivity index (χ1n) is 30.0.